The van der Waals surface area contributed by atoms with E-state index in [1.165, 1.54) is 6.07 Å². The van der Waals surface area contributed by atoms with Crippen LogP contribution in [0.3, 0.4) is 0 Å². The van der Waals surface area contributed by atoms with Gasteiger partial charge in [0.15, 0.2) is 0 Å². The second kappa shape index (κ2) is 8.40. The molecule has 0 aliphatic carbocycles. The fourth-order valence-electron chi connectivity index (χ4n) is 1.95. The van der Waals surface area contributed by atoms with Gasteiger partial charge in [-0.1, -0.05) is 29.3 Å². The lowest BCUT2D eigenvalue weighted by Gasteiger charge is -2.10. The Hall–Kier alpha value is -1.99. The highest BCUT2D eigenvalue weighted by Gasteiger charge is 2.30. The first-order chi connectivity index (χ1) is 11.8. The molecule has 0 atom stereocenters. The second-order valence-electron chi connectivity index (χ2n) is 5.07. The normalized spacial score (nSPS) is 11.2. The van der Waals surface area contributed by atoms with Crippen molar-refractivity contribution >= 4 is 34.9 Å². The van der Waals surface area contributed by atoms with Crippen molar-refractivity contribution in [3.05, 3.63) is 57.7 Å². The Morgan fingerprint density at radius 2 is 1.88 bits per heavy atom. The molecule has 2 N–H and O–H groups in total. The van der Waals surface area contributed by atoms with Gasteiger partial charge in [-0.25, -0.2) is 4.98 Å². The van der Waals surface area contributed by atoms with Crippen LogP contribution in [0.2, 0.25) is 10.0 Å². The molecule has 2 aromatic rings. The summed E-state index contributed by atoms with van der Waals surface area (Å²) in [5.74, 6) is -0.0163. The molecule has 1 aromatic heterocycles. The SMILES string of the molecule is O=C(NCCCNc1ccc(C(F)(F)F)cn1)c1cccc(Cl)c1Cl. The Morgan fingerprint density at radius 1 is 1.12 bits per heavy atom. The minimum absolute atomic E-state index is 0.189. The second-order valence-corrected chi connectivity index (χ2v) is 5.85. The molecule has 0 unspecified atom stereocenters. The van der Waals surface area contributed by atoms with E-state index < -0.39 is 11.7 Å². The van der Waals surface area contributed by atoms with Gasteiger partial charge in [0.2, 0.25) is 0 Å². The van der Waals surface area contributed by atoms with Crippen molar-refractivity contribution in [3.63, 3.8) is 0 Å². The molecule has 0 bridgehead atoms. The van der Waals surface area contributed by atoms with Crippen LogP contribution in [-0.4, -0.2) is 24.0 Å². The smallest absolute Gasteiger partial charge is 0.370 e. The fourth-order valence-corrected chi connectivity index (χ4v) is 2.33. The highest BCUT2D eigenvalue weighted by molar-refractivity contribution is 6.43. The van der Waals surface area contributed by atoms with Gasteiger partial charge in [0, 0.05) is 19.3 Å². The van der Waals surface area contributed by atoms with Crippen molar-refractivity contribution in [2.45, 2.75) is 12.6 Å². The molecule has 1 heterocycles. The lowest BCUT2D eigenvalue weighted by molar-refractivity contribution is -0.137. The number of benzene rings is 1. The van der Waals surface area contributed by atoms with Gasteiger partial charge in [0.05, 0.1) is 21.2 Å². The molecule has 0 spiro atoms. The van der Waals surface area contributed by atoms with E-state index in [1.807, 2.05) is 0 Å². The van der Waals surface area contributed by atoms with Gasteiger partial charge < -0.3 is 10.6 Å². The number of halogens is 5. The molecule has 9 heteroatoms. The molecular formula is C16H14Cl2F3N3O. The third kappa shape index (κ3) is 5.51. The number of carbonyl (C=O) groups excluding carboxylic acids is 1. The Kier molecular flexibility index (Phi) is 6.50. The zero-order valence-corrected chi connectivity index (χ0v) is 14.3. The van der Waals surface area contributed by atoms with Crippen LogP contribution in [0.4, 0.5) is 19.0 Å². The van der Waals surface area contributed by atoms with Crippen LogP contribution in [0.1, 0.15) is 22.3 Å². The van der Waals surface area contributed by atoms with Gasteiger partial charge in [0.25, 0.3) is 5.91 Å². The molecule has 0 saturated carbocycles. The molecule has 0 fully saturated rings. The number of amides is 1. The summed E-state index contributed by atoms with van der Waals surface area (Å²) in [6.45, 7) is 0.789. The molecule has 1 amide bonds. The van der Waals surface area contributed by atoms with E-state index >= 15 is 0 Å². The summed E-state index contributed by atoms with van der Waals surface area (Å²) < 4.78 is 37.3. The lowest BCUT2D eigenvalue weighted by Crippen LogP contribution is -2.26. The molecule has 0 aliphatic heterocycles. The minimum atomic E-state index is -4.41. The van der Waals surface area contributed by atoms with Crippen molar-refractivity contribution in [1.29, 1.82) is 0 Å². The van der Waals surface area contributed by atoms with Gasteiger partial charge >= 0.3 is 6.18 Å². The van der Waals surface area contributed by atoms with E-state index in [0.717, 1.165) is 12.3 Å². The number of nitrogens with zero attached hydrogens (tertiary/aromatic N) is 1. The molecule has 2 rings (SSSR count). The quantitative estimate of drug-likeness (QED) is 0.705. The van der Waals surface area contributed by atoms with Crippen LogP contribution in [-0.2, 0) is 6.18 Å². The summed E-state index contributed by atoms with van der Waals surface area (Å²) in [6.07, 6.45) is -3.09. The molecule has 0 aliphatic rings. The molecule has 25 heavy (non-hydrogen) atoms. The van der Waals surface area contributed by atoms with Crippen LogP contribution in [0.5, 0.6) is 0 Å². The maximum atomic E-state index is 12.4. The zero-order chi connectivity index (χ0) is 18.4. The first-order valence-corrected chi connectivity index (χ1v) is 8.04. The van der Waals surface area contributed by atoms with Crippen molar-refractivity contribution in [3.8, 4) is 0 Å². The number of alkyl halides is 3. The van der Waals surface area contributed by atoms with Crippen molar-refractivity contribution < 1.29 is 18.0 Å². The van der Waals surface area contributed by atoms with Gasteiger partial charge in [-0.2, -0.15) is 13.2 Å². The predicted octanol–water partition coefficient (Wildman–Crippen LogP) is 4.64. The number of carbonyl (C=O) groups is 1. The minimum Gasteiger partial charge on any atom is -0.370 e. The summed E-state index contributed by atoms with van der Waals surface area (Å²) in [5, 5.41) is 6.06. The van der Waals surface area contributed by atoms with Crippen LogP contribution in [0, 0.1) is 0 Å². The average molecular weight is 392 g/mol. The fraction of sp³-hybridized carbons (Fsp3) is 0.250. The van der Waals surface area contributed by atoms with Gasteiger partial charge in [0.1, 0.15) is 5.82 Å². The van der Waals surface area contributed by atoms with Crippen LogP contribution >= 0.6 is 23.2 Å². The number of hydrogen-bond donors (Lipinski definition) is 2. The molecule has 4 nitrogen and oxygen atoms in total. The number of hydrogen-bond acceptors (Lipinski definition) is 3. The monoisotopic (exact) mass is 391 g/mol. The Labute approximate surface area is 152 Å². The average Bonchev–Trinajstić information content (AvgIpc) is 2.56. The standard InChI is InChI=1S/C16H14Cl2F3N3O/c17-12-4-1-3-11(14(12)18)15(25)23-8-2-7-22-13-6-5-10(9-24-13)16(19,20)21/h1,3-6,9H,2,7-8H2,(H,22,24)(H,23,25). The third-order valence-electron chi connectivity index (χ3n) is 3.23. The van der Waals surface area contributed by atoms with Crippen LogP contribution in [0.25, 0.3) is 0 Å². The Bertz CT molecular complexity index is 736. The first-order valence-electron chi connectivity index (χ1n) is 7.28. The van der Waals surface area contributed by atoms with Gasteiger partial charge in [-0.3, -0.25) is 4.79 Å². The van der Waals surface area contributed by atoms with E-state index in [-0.39, 0.29) is 16.5 Å². The summed E-state index contributed by atoms with van der Waals surface area (Å²) in [6, 6.07) is 6.99. The number of pyridine rings is 1. The molecule has 0 radical (unpaired) electrons. The Balaban J connectivity index is 1.74. The summed E-state index contributed by atoms with van der Waals surface area (Å²) in [4.78, 5) is 15.7. The van der Waals surface area contributed by atoms with E-state index in [4.69, 9.17) is 23.2 Å². The number of anilines is 1. The zero-order valence-electron chi connectivity index (χ0n) is 12.8. The van der Waals surface area contributed by atoms with Gasteiger partial charge in [-0.05, 0) is 30.7 Å². The third-order valence-corrected chi connectivity index (χ3v) is 4.05. The maximum absolute atomic E-state index is 12.4. The summed E-state index contributed by atoms with van der Waals surface area (Å²) in [5.41, 5.74) is -0.518. The van der Waals surface area contributed by atoms with Crippen LogP contribution in [0.15, 0.2) is 36.5 Å². The summed E-state index contributed by atoms with van der Waals surface area (Å²) >= 11 is 11.8. The van der Waals surface area contributed by atoms with Crippen molar-refractivity contribution in [2.75, 3.05) is 18.4 Å². The maximum Gasteiger partial charge on any atom is 0.417 e. The molecule has 1 aromatic carbocycles. The first kappa shape index (κ1) is 19.3. The van der Waals surface area contributed by atoms with E-state index in [0.29, 0.717) is 30.4 Å². The largest absolute Gasteiger partial charge is 0.417 e. The number of rotatable bonds is 6. The van der Waals surface area contributed by atoms with E-state index in [9.17, 15) is 18.0 Å². The molecule has 0 saturated heterocycles. The number of aromatic nitrogens is 1. The highest BCUT2D eigenvalue weighted by atomic mass is 35.5. The van der Waals surface area contributed by atoms with Crippen molar-refractivity contribution in [2.24, 2.45) is 0 Å². The highest BCUT2D eigenvalue weighted by Crippen LogP contribution is 2.28. The topological polar surface area (TPSA) is 54.0 Å². The Morgan fingerprint density at radius 3 is 2.52 bits per heavy atom. The van der Waals surface area contributed by atoms with E-state index in [2.05, 4.69) is 15.6 Å². The molecule has 134 valence electrons. The molecular weight excluding hydrogens is 378 g/mol. The lowest BCUT2D eigenvalue weighted by atomic mass is 10.2. The van der Waals surface area contributed by atoms with Gasteiger partial charge in [-0.15, -0.1) is 0 Å². The van der Waals surface area contributed by atoms with E-state index in [1.54, 1.807) is 18.2 Å². The van der Waals surface area contributed by atoms with Crippen LogP contribution < -0.4 is 10.6 Å². The predicted molar refractivity (Wildman–Crippen MR) is 91.1 cm³/mol. The number of nitrogens with one attached hydrogen (secondary N) is 2. The van der Waals surface area contributed by atoms with Crippen molar-refractivity contribution in [1.82, 2.24) is 10.3 Å². The summed E-state index contributed by atoms with van der Waals surface area (Å²) in [7, 11) is 0.